The molecule has 0 saturated carbocycles. The van der Waals surface area contributed by atoms with E-state index in [9.17, 15) is 34.8 Å². The highest BCUT2D eigenvalue weighted by Crippen LogP contribution is 2.26. The van der Waals surface area contributed by atoms with Crippen molar-refractivity contribution in [3.8, 4) is 0 Å². The van der Waals surface area contributed by atoms with E-state index in [0.29, 0.717) is 16.8 Å². The second kappa shape index (κ2) is 11.5. The summed E-state index contributed by atoms with van der Waals surface area (Å²) in [7, 11) is 0. The van der Waals surface area contributed by atoms with Crippen molar-refractivity contribution in [2.24, 2.45) is 11.7 Å². The van der Waals surface area contributed by atoms with Crippen LogP contribution in [0.4, 0.5) is 5.69 Å². The zero-order valence-corrected chi connectivity index (χ0v) is 18.8. The van der Waals surface area contributed by atoms with E-state index in [1.807, 2.05) is 0 Å². The summed E-state index contributed by atoms with van der Waals surface area (Å²) >= 11 is 0. The molecule has 1 amide bonds. The maximum absolute atomic E-state index is 11.9. The van der Waals surface area contributed by atoms with Crippen LogP contribution >= 0.6 is 0 Å². The third kappa shape index (κ3) is 6.95. The molecule has 1 aromatic rings. The van der Waals surface area contributed by atoms with Crippen molar-refractivity contribution in [2.45, 2.75) is 76.8 Å². The Morgan fingerprint density at radius 3 is 2.33 bits per heavy atom. The molecule has 1 saturated heterocycles. The number of carbonyl (C=O) groups excluding carboxylic acids is 2. The highest BCUT2D eigenvalue weighted by Gasteiger charge is 2.46. The van der Waals surface area contributed by atoms with E-state index >= 15 is 0 Å². The van der Waals surface area contributed by atoms with E-state index in [-0.39, 0.29) is 31.3 Å². The number of anilines is 1. The van der Waals surface area contributed by atoms with Crippen LogP contribution in [0.3, 0.4) is 0 Å². The Balaban J connectivity index is 2.22. The van der Waals surface area contributed by atoms with Gasteiger partial charge in [0.05, 0.1) is 18.1 Å². The number of nitrogens with one attached hydrogen (secondary N) is 1. The van der Waals surface area contributed by atoms with Gasteiger partial charge in [-0.15, -0.1) is 0 Å². The molecular weight excluding hydrogens is 436 g/mol. The lowest BCUT2D eigenvalue weighted by molar-refractivity contribution is -0.228. The first-order valence-corrected chi connectivity index (χ1v) is 10.7. The first-order chi connectivity index (χ1) is 15.4. The summed E-state index contributed by atoms with van der Waals surface area (Å²) in [5.41, 5.74) is 7.33. The first-order valence-electron chi connectivity index (χ1n) is 10.7. The Hall–Kier alpha value is -2.57. The summed E-state index contributed by atoms with van der Waals surface area (Å²) < 4.78 is 10.6. The summed E-state index contributed by atoms with van der Waals surface area (Å²) in [6.07, 6.45) is -7.39. The molecule has 0 aromatic heterocycles. The number of aliphatic hydroxyl groups excluding tert-OH is 3. The number of aryl methyl sites for hydroxylation is 1. The van der Waals surface area contributed by atoms with Crippen LogP contribution in [0.25, 0.3) is 0 Å². The smallest absolute Gasteiger partial charge is 0.335 e. The molecule has 33 heavy (non-hydrogen) atoms. The van der Waals surface area contributed by atoms with Crippen LogP contribution in [-0.2, 0) is 36.9 Å². The van der Waals surface area contributed by atoms with Gasteiger partial charge in [-0.25, -0.2) is 4.79 Å². The number of ether oxygens (including phenoxy) is 2. The van der Waals surface area contributed by atoms with E-state index in [0.717, 1.165) is 0 Å². The Bertz CT molecular complexity index is 858. The summed E-state index contributed by atoms with van der Waals surface area (Å²) in [5, 5.41) is 42.0. The summed E-state index contributed by atoms with van der Waals surface area (Å²) in [5.74, 6) is -2.56. The Labute approximate surface area is 191 Å². The van der Waals surface area contributed by atoms with Crippen LogP contribution in [-0.4, -0.2) is 74.8 Å². The number of amides is 1. The van der Waals surface area contributed by atoms with Crippen molar-refractivity contribution in [3.05, 3.63) is 29.3 Å². The minimum Gasteiger partial charge on any atom is -0.479 e. The average Bonchev–Trinajstić information content (AvgIpc) is 2.75. The number of carboxylic acid groups (broad SMARTS) is 1. The summed E-state index contributed by atoms with van der Waals surface area (Å²) in [6, 6.07) is 4.24. The summed E-state index contributed by atoms with van der Waals surface area (Å²) in [4.78, 5) is 35.1. The first kappa shape index (κ1) is 26.7. The Morgan fingerprint density at radius 1 is 1.09 bits per heavy atom. The van der Waals surface area contributed by atoms with Gasteiger partial charge in [-0.05, 0) is 43.0 Å². The highest BCUT2D eigenvalue weighted by atomic mass is 16.6. The number of hydrogen-bond donors (Lipinski definition) is 6. The topological polar surface area (TPSA) is 189 Å². The van der Waals surface area contributed by atoms with Gasteiger partial charge in [0.1, 0.15) is 24.9 Å². The lowest BCUT2D eigenvalue weighted by Crippen LogP contribution is -2.59. The SMILES string of the molecule is CC(C)C(=O)OCc1ccc(NC(=O)[C@H](C)N)cc1CC[C@@H]1O[C@H](C(=O)O)[C@@H](O)[C@H](O)[C@H]1O. The molecular formula is C22H32N2O9. The molecule has 0 bridgehead atoms. The number of esters is 1. The molecule has 1 aromatic carbocycles. The zero-order valence-electron chi connectivity index (χ0n) is 18.8. The number of rotatable bonds is 9. The molecule has 1 aliphatic rings. The zero-order chi connectivity index (χ0) is 24.9. The third-order valence-electron chi connectivity index (χ3n) is 5.38. The monoisotopic (exact) mass is 468 g/mol. The van der Waals surface area contributed by atoms with E-state index < -0.39 is 48.4 Å². The molecule has 0 aliphatic carbocycles. The number of aliphatic hydroxyl groups is 3. The maximum Gasteiger partial charge on any atom is 0.335 e. The van der Waals surface area contributed by atoms with E-state index in [1.54, 1.807) is 32.0 Å². The van der Waals surface area contributed by atoms with E-state index in [1.165, 1.54) is 6.92 Å². The molecule has 7 N–H and O–H groups in total. The normalized spacial score (nSPS) is 26.0. The molecule has 2 rings (SSSR count). The number of hydrogen-bond acceptors (Lipinski definition) is 9. The minimum atomic E-state index is -1.77. The molecule has 0 radical (unpaired) electrons. The van der Waals surface area contributed by atoms with Crippen molar-refractivity contribution >= 4 is 23.5 Å². The predicted molar refractivity (Wildman–Crippen MR) is 116 cm³/mol. The molecule has 11 heteroatoms. The number of carboxylic acids is 1. The molecule has 6 atom stereocenters. The molecule has 0 unspecified atom stereocenters. The van der Waals surface area contributed by atoms with Gasteiger partial charge in [-0.3, -0.25) is 9.59 Å². The van der Waals surface area contributed by atoms with Crippen LogP contribution in [0.5, 0.6) is 0 Å². The molecule has 1 aliphatic heterocycles. The van der Waals surface area contributed by atoms with E-state index in [2.05, 4.69) is 5.32 Å². The quantitative estimate of drug-likeness (QED) is 0.259. The Kier molecular flexibility index (Phi) is 9.32. The summed E-state index contributed by atoms with van der Waals surface area (Å²) in [6.45, 7) is 4.92. The molecule has 1 fully saturated rings. The van der Waals surface area contributed by atoms with Crippen molar-refractivity contribution in [2.75, 3.05) is 5.32 Å². The van der Waals surface area contributed by atoms with Gasteiger partial charge in [-0.1, -0.05) is 19.9 Å². The number of nitrogens with two attached hydrogens (primary N) is 1. The lowest BCUT2D eigenvalue weighted by Gasteiger charge is -2.39. The van der Waals surface area contributed by atoms with Gasteiger partial charge in [0, 0.05) is 5.69 Å². The van der Waals surface area contributed by atoms with Gasteiger partial charge in [0.2, 0.25) is 5.91 Å². The number of benzene rings is 1. The highest BCUT2D eigenvalue weighted by molar-refractivity contribution is 5.94. The van der Waals surface area contributed by atoms with Gasteiger partial charge >= 0.3 is 11.9 Å². The van der Waals surface area contributed by atoms with Crippen LogP contribution in [0, 0.1) is 5.92 Å². The minimum absolute atomic E-state index is 0.0268. The lowest BCUT2D eigenvalue weighted by atomic mass is 9.91. The van der Waals surface area contributed by atoms with Gasteiger partial charge in [0.15, 0.2) is 6.10 Å². The van der Waals surface area contributed by atoms with Crippen LogP contribution in [0.15, 0.2) is 18.2 Å². The maximum atomic E-state index is 11.9. The predicted octanol–water partition coefficient (Wildman–Crippen LogP) is -0.461. The van der Waals surface area contributed by atoms with Crippen molar-refractivity contribution in [3.63, 3.8) is 0 Å². The van der Waals surface area contributed by atoms with Gasteiger partial charge < -0.3 is 41.0 Å². The standard InChI is InChI=1S/C22H32N2O9/c1-10(2)22(31)32-9-13-4-6-14(24-20(28)11(3)23)8-12(13)5-7-15-16(25)17(26)18(27)19(33-15)21(29)30/h4,6,8,10-11,15-19,25-27H,5,7,9,23H2,1-3H3,(H,24,28)(H,29,30)/t11-,15-,16-,17+,18-,19-/m0/s1. The third-order valence-corrected chi connectivity index (χ3v) is 5.38. The van der Waals surface area contributed by atoms with Crippen molar-refractivity contribution in [1.82, 2.24) is 0 Å². The number of aliphatic carboxylic acids is 1. The van der Waals surface area contributed by atoms with Crippen molar-refractivity contribution in [1.29, 1.82) is 0 Å². The number of carbonyl (C=O) groups is 3. The fourth-order valence-electron chi connectivity index (χ4n) is 3.34. The van der Waals surface area contributed by atoms with Crippen molar-refractivity contribution < 1.29 is 44.3 Å². The average molecular weight is 469 g/mol. The van der Waals surface area contributed by atoms with Crippen LogP contribution in [0.2, 0.25) is 0 Å². The van der Waals surface area contributed by atoms with Gasteiger partial charge in [-0.2, -0.15) is 0 Å². The van der Waals surface area contributed by atoms with Crippen LogP contribution < -0.4 is 11.1 Å². The largest absolute Gasteiger partial charge is 0.479 e. The molecule has 0 spiro atoms. The molecule has 11 nitrogen and oxygen atoms in total. The van der Waals surface area contributed by atoms with E-state index in [4.69, 9.17) is 15.2 Å². The molecule has 184 valence electrons. The fraction of sp³-hybridized carbons (Fsp3) is 0.591. The second-order valence-electron chi connectivity index (χ2n) is 8.47. The van der Waals surface area contributed by atoms with Gasteiger partial charge in [0.25, 0.3) is 0 Å². The Morgan fingerprint density at radius 2 is 1.76 bits per heavy atom. The fourth-order valence-corrected chi connectivity index (χ4v) is 3.34. The second-order valence-corrected chi connectivity index (χ2v) is 8.47. The van der Waals surface area contributed by atoms with Crippen LogP contribution in [0.1, 0.15) is 38.3 Å². The molecule has 1 heterocycles.